The maximum atomic E-state index is 12.1. The van der Waals surface area contributed by atoms with Gasteiger partial charge in [0.2, 0.25) is 0 Å². The molecule has 8 heteroatoms. The molecule has 2 aromatic rings. The Morgan fingerprint density at radius 2 is 1.86 bits per heavy atom. The summed E-state index contributed by atoms with van der Waals surface area (Å²) in [6.45, 7) is 0. The van der Waals surface area contributed by atoms with Crippen molar-refractivity contribution in [3.63, 3.8) is 0 Å². The van der Waals surface area contributed by atoms with E-state index < -0.39 is 22.3 Å². The zero-order valence-corrected chi connectivity index (χ0v) is 11.9. The minimum Gasteiger partial charge on any atom is -0.506 e. The molecule has 2 rings (SSSR count). The number of rotatable bonds is 3. The Morgan fingerprint density at radius 1 is 1.19 bits per heavy atom. The number of benzene rings is 2. The Kier molecular flexibility index (Phi) is 4.30. The van der Waals surface area contributed by atoms with Crippen LogP contribution in [0.1, 0.15) is 10.4 Å². The quantitative estimate of drug-likeness (QED) is 0.661. The summed E-state index contributed by atoms with van der Waals surface area (Å²) in [6, 6.07) is 8.35. The lowest BCUT2D eigenvalue weighted by molar-refractivity contribution is -0.384. The van der Waals surface area contributed by atoms with Gasteiger partial charge in [-0.25, -0.2) is 0 Å². The van der Waals surface area contributed by atoms with E-state index in [9.17, 15) is 20.0 Å². The van der Waals surface area contributed by atoms with Crippen LogP contribution in [0.4, 0.5) is 11.4 Å². The number of halogens is 2. The molecule has 0 heterocycles. The van der Waals surface area contributed by atoms with E-state index in [0.29, 0.717) is 10.7 Å². The van der Waals surface area contributed by atoms with Gasteiger partial charge in [0, 0.05) is 12.1 Å². The summed E-state index contributed by atoms with van der Waals surface area (Å²) in [5.41, 5.74) is -0.401. The number of anilines is 1. The van der Waals surface area contributed by atoms with Crippen molar-refractivity contribution in [2.24, 2.45) is 0 Å². The summed E-state index contributed by atoms with van der Waals surface area (Å²) in [7, 11) is 0. The first-order valence-electron chi connectivity index (χ1n) is 5.63. The lowest BCUT2D eigenvalue weighted by Gasteiger charge is -2.09. The highest BCUT2D eigenvalue weighted by molar-refractivity contribution is 6.34. The van der Waals surface area contributed by atoms with Crippen LogP contribution in [0, 0.1) is 10.1 Å². The first-order chi connectivity index (χ1) is 9.90. The molecule has 6 nitrogen and oxygen atoms in total. The van der Waals surface area contributed by atoms with Crippen molar-refractivity contribution in [2.45, 2.75) is 0 Å². The number of hydrogen-bond donors (Lipinski definition) is 2. The lowest BCUT2D eigenvalue weighted by atomic mass is 10.1. The Hall–Kier alpha value is -2.31. The van der Waals surface area contributed by atoms with Gasteiger partial charge in [0.05, 0.1) is 26.2 Å². The third-order valence-electron chi connectivity index (χ3n) is 2.63. The second kappa shape index (κ2) is 5.99. The Balaban J connectivity index is 2.39. The van der Waals surface area contributed by atoms with Gasteiger partial charge in [-0.05, 0) is 12.1 Å². The number of hydrogen-bond acceptors (Lipinski definition) is 4. The highest BCUT2D eigenvalue weighted by Gasteiger charge is 2.20. The van der Waals surface area contributed by atoms with E-state index >= 15 is 0 Å². The summed E-state index contributed by atoms with van der Waals surface area (Å²) in [5, 5.41) is 23.0. The molecule has 1 amide bonds. The van der Waals surface area contributed by atoms with Gasteiger partial charge >= 0.3 is 0 Å². The second-order valence-corrected chi connectivity index (χ2v) is 4.83. The van der Waals surface area contributed by atoms with E-state index in [1.54, 1.807) is 24.3 Å². The van der Waals surface area contributed by atoms with Crippen LogP contribution < -0.4 is 5.32 Å². The molecule has 0 unspecified atom stereocenters. The molecule has 0 atom stereocenters. The van der Waals surface area contributed by atoms with Crippen LogP contribution in [0.3, 0.4) is 0 Å². The average molecular weight is 327 g/mol. The number of nitrogens with one attached hydrogen (secondary N) is 1. The number of nitro groups is 1. The van der Waals surface area contributed by atoms with Crippen LogP contribution in [-0.4, -0.2) is 15.9 Å². The van der Waals surface area contributed by atoms with E-state index in [-0.39, 0.29) is 10.6 Å². The monoisotopic (exact) mass is 326 g/mol. The third-order valence-corrected chi connectivity index (χ3v) is 3.24. The first-order valence-corrected chi connectivity index (χ1v) is 6.38. The van der Waals surface area contributed by atoms with Gasteiger partial charge in [0.25, 0.3) is 11.6 Å². The minimum atomic E-state index is -0.758. The van der Waals surface area contributed by atoms with Crippen molar-refractivity contribution in [2.75, 3.05) is 5.32 Å². The molecule has 2 aromatic carbocycles. The Bertz CT molecular complexity index is 734. The number of nitro benzene ring substituents is 1. The van der Waals surface area contributed by atoms with Crippen molar-refractivity contribution in [1.82, 2.24) is 0 Å². The zero-order valence-electron chi connectivity index (χ0n) is 10.3. The van der Waals surface area contributed by atoms with Gasteiger partial charge in [-0.1, -0.05) is 35.3 Å². The zero-order chi connectivity index (χ0) is 15.6. The molecular weight excluding hydrogens is 319 g/mol. The number of amides is 1. The van der Waals surface area contributed by atoms with Crippen LogP contribution in [0.2, 0.25) is 10.0 Å². The number of phenols is 1. The molecule has 0 fully saturated rings. The molecule has 108 valence electrons. The minimum absolute atomic E-state index is 0.284. The Labute approximate surface area is 129 Å². The van der Waals surface area contributed by atoms with E-state index in [1.807, 2.05) is 0 Å². The van der Waals surface area contributed by atoms with Crippen molar-refractivity contribution in [3.8, 4) is 5.75 Å². The fourth-order valence-corrected chi connectivity index (χ4v) is 2.01. The highest BCUT2D eigenvalue weighted by atomic mass is 35.5. The van der Waals surface area contributed by atoms with Gasteiger partial charge in [-0.15, -0.1) is 0 Å². The predicted octanol–water partition coefficient (Wildman–Crippen LogP) is 3.86. The largest absolute Gasteiger partial charge is 0.506 e. The average Bonchev–Trinajstić information content (AvgIpc) is 2.43. The van der Waals surface area contributed by atoms with E-state index in [4.69, 9.17) is 23.2 Å². The van der Waals surface area contributed by atoms with Gasteiger partial charge in [-0.3, -0.25) is 14.9 Å². The SMILES string of the molecule is O=C(Nc1ccccc1Cl)c1cc([N+](=O)[O-])cc(Cl)c1O. The molecule has 0 radical (unpaired) electrons. The fourth-order valence-electron chi connectivity index (χ4n) is 1.62. The van der Waals surface area contributed by atoms with E-state index in [2.05, 4.69) is 5.32 Å². The number of carbonyl (C=O) groups excluding carboxylic acids is 1. The van der Waals surface area contributed by atoms with Crippen LogP contribution in [0.5, 0.6) is 5.75 Å². The molecule has 0 aliphatic carbocycles. The summed E-state index contributed by atoms with van der Waals surface area (Å²) < 4.78 is 0. The third kappa shape index (κ3) is 3.24. The normalized spacial score (nSPS) is 10.2. The first kappa shape index (κ1) is 15.1. The molecule has 2 N–H and O–H groups in total. The summed E-state index contributed by atoms with van der Waals surface area (Å²) >= 11 is 11.6. The van der Waals surface area contributed by atoms with Gasteiger partial charge in [0.15, 0.2) is 0 Å². The standard InChI is InChI=1S/C13H8Cl2N2O4/c14-9-3-1-2-4-11(9)16-13(19)8-5-7(17(20)21)6-10(15)12(8)18/h1-6,18H,(H,16,19). The van der Waals surface area contributed by atoms with Gasteiger partial charge in [-0.2, -0.15) is 0 Å². The molecule has 0 aliphatic heterocycles. The van der Waals surface area contributed by atoms with Crippen LogP contribution >= 0.6 is 23.2 Å². The molecule has 0 saturated heterocycles. The fraction of sp³-hybridized carbons (Fsp3) is 0. The van der Waals surface area contributed by atoms with Crippen LogP contribution in [-0.2, 0) is 0 Å². The second-order valence-electron chi connectivity index (χ2n) is 4.01. The number of para-hydroxylation sites is 1. The number of carbonyl (C=O) groups is 1. The van der Waals surface area contributed by atoms with E-state index in [1.165, 1.54) is 0 Å². The lowest BCUT2D eigenvalue weighted by Crippen LogP contribution is -2.13. The summed E-state index contributed by atoms with van der Waals surface area (Å²) in [4.78, 5) is 22.2. The molecule has 0 bridgehead atoms. The van der Waals surface area contributed by atoms with Crippen molar-refractivity contribution >= 4 is 40.5 Å². The highest BCUT2D eigenvalue weighted by Crippen LogP contribution is 2.33. The van der Waals surface area contributed by atoms with Crippen LogP contribution in [0.25, 0.3) is 0 Å². The summed E-state index contributed by atoms with van der Waals surface area (Å²) in [6.07, 6.45) is 0. The Morgan fingerprint density at radius 3 is 2.48 bits per heavy atom. The number of nitrogens with zero attached hydrogens (tertiary/aromatic N) is 1. The smallest absolute Gasteiger partial charge is 0.271 e. The molecule has 21 heavy (non-hydrogen) atoms. The molecule has 0 saturated carbocycles. The number of aromatic hydroxyl groups is 1. The maximum Gasteiger partial charge on any atom is 0.271 e. The van der Waals surface area contributed by atoms with Gasteiger partial charge < -0.3 is 10.4 Å². The molecular formula is C13H8Cl2N2O4. The number of non-ortho nitro benzene ring substituents is 1. The maximum absolute atomic E-state index is 12.1. The van der Waals surface area contributed by atoms with E-state index in [0.717, 1.165) is 12.1 Å². The van der Waals surface area contributed by atoms with Crippen molar-refractivity contribution in [3.05, 3.63) is 62.1 Å². The molecule has 0 aliphatic rings. The van der Waals surface area contributed by atoms with Crippen LogP contribution in [0.15, 0.2) is 36.4 Å². The predicted molar refractivity (Wildman–Crippen MR) is 79.2 cm³/mol. The summed E-state index contributed by atoms with van der Waals surface area (Å²) in [5.74, 6) is -1.29. The number of phenolic OH excluding ortho intramolecular Hbond substituents is 1. The molecule has 0 spiro atoms. The van der Waals surface area contributed by atoms with Crippen molar-refractivity contribution < 1.29 is 14.8 Å². The molecule has 0 aromatic heterocycles. The van der Waals surface area contributed by atoms with Gasteiger partial charge in [0.1, 0.15) is 5.75 Å². The topological polar surface area (TPSA) is 92.5 Å². The van der Waals surface area contributed by atoms with Crippen molar-refractivity contribution in [1.29, 1.82) is 0 Å².